The number of halogens is 1. The van der Waals surface area contributed by atoms with Crippen molar-refractivity contribution in [2.45, 2.75) is 29.3 Å². The van der Waals surface area contributed by atoms with E-state index in [2.05, 4.69) is 15.0 Å². The molecule has 0 aliphatic carbocycles. The van der Waals surface area contributed by atoms with Gasteiger partial charge in [0.2, 0.25) is 0 Å². The second-order valence-electron chi connectivity index (χ2n) is 8.63. The number of imidazole rings is 1. The van der Waals surface area contributed by atoms with Gasteiger partial charge in [-0.2, -0.15) is 13.4 Å². The lowest BCUT2D eigenvalue weighted by Crippen LogP contribution is -2.34. The Hall–Kier alpha value is -3.06. The Labute approximate surface area is 210 Å². The number of pyridine rings is 1. The van der Waals surface area contributed by atoms with Gasteiger partial charge < -0.3 is 24.3 Å². The third-order valence-electron chi connectivity index (χ3n) is 6.29. The number of rotatable bonds is 5. The maximum absolute atomic E-state index is 11.3. The van der Waals surface area contributed by atoms with Gasteiger partial charge in [0.1, 0.15) is 18.3 Å². The molecule has 4 atom stereocenters. The number of benzene rings is 2. The van der Waals surface area contributed by atoms with Crippen LogP contribution in [-0.4, -0.2) is 70.7 Å². The largest absolute Gasteiger partial charge is 0.456 e. The van der Waals surface area contributed by atoms with Crippen LogP contribution in [0.4, 0.5) is 0 Å². The minimum absolute atomic E-state index is 0.164. The molecule has 2 aromatic heterocycles. The van der Waals surface area contributed by atoms with Gasteiger partial charge in [-0.15, -0.1) is 0 Å². The monoisotopic (exact) mass is 529 g/mol. The topological polar surface area (TPSA) is 144 Å². The molecule has 0 bridgehead atoms. The van der Waals surface area contributed by atoms with Crippen molar-refractivity contribution < 1.29 is 32.3 Å². The first-order valence-corrected chi connectivity index (χ1v) is 12.9. The molecule has 12 heteroatoms. The molecule has 4 heterocycles. The summed E-state index contributed by atoms with van der Waals surface area (Å²) in [6.07, 6.45) is -1.82. The molecule has 0 radical (unpaired) electrons. The lowest BCUT2D eigenvalue weighted by molar-refractivity contribution is 0.00706. The first kappa shape index (κ1) is 23.3. The number of nitrogens with zero attached hydrogens (tertiary/aromatic N) is 2. The van der Waals surface area contributed by atoms with E-state index in [1.807, 2.05) is 24.3 Å². The molecule has 6 rings (SSSR count). The highest BCUT2D eigenvalue weighted by atomic mass is 35.5. The van der Waals surface area contributed by atoms with Crippen molar-refractivity contribution in [1.29, 1.82) is 0 Å². The third kappa shape index (κ3) is 4.23. The Morgan fingerprint density at radius 3 is 2.28 bits per heavy atom. The highest BCUT2D eigenvalue weighted by molar-refractivity contribution is 7.85. The molecule has 0 saturated carbocycles. The lowest BCUT2D eigenvalue weighted by atomic mass is 10.0. The molecule has 2 fully saturated rings. The molecule has 2 aliphatic rings. The van der Waals surface area contributed by atoms with Crippen LogP contribution in [0.5, 0.6) is 6.01 Å². The van der Waals surface area contributed by atoms with Gasteiger partial charge in [-0.25, -0.2) is 4.98 Å². The van der Waals surface area contributed by atoms with Crippen LogP contribution < -0.4 is 4.74 Å². The molecular formula is C24H20ClN3O7S. The van der Waals surface area contributed by atoms with E-state index < -0.39 is 28.4 Å². The van der Waals surface area contributed by atoms with E-state index in [0.29, 0.717) is 21.9 Å². The Morgan fingerprint density at radius 1 is 0.944 bits per heavy atom. The molecule has 186 valence electrons. The van der Waals surface area contributed by atoms with E-state index in [9.17, 15) is 13.5 Å². The van der Waals surface area contributed by atoms with Crippen LogP contribution in [0.1, 0.15) is 0 Å². The van der Waals surface area contributed by atoms with Gasteiger partial charge in [0.25, 0.3) is 16.1 Å². The predicted molar refractivity (Wildman–Crippen MR) is 129 cm³/mol. The van der Waals surface area contributed by atoms with E-state index >= 15 is 0 Å². The first-order valence-electron chi connectivity index (χ1n) is 11.1. The Balaban J connectivity index is 1.23. The van der Waals surface area contributed by atoms with Gasteiger partial charge in [-0.1, -0.05) is 48.0 Å². The summed E-state index contributed by atoms with van der Waals surface area (Å²) in [5, 5.41) is 10.3. The number of hydrogen-bond acceptors (Lipinski definition) is 8. The van der Waals surface area contributed by atoms with Crippen LogP contribution in [0.3, 0.4) is 0 Å². The zero-order valence-electron chi connectivity index (χ0n) is 18.5. The van der Waals surface area contributed by atoms with Crippen LogP contribution in [0.25, 0.3) is 33.5 Å². The molecule has 0 unspecified atom stereocenters. The van der Waals surface area contributed by atoms with Crippen molar-refractivity contribution in [2.75, 3.05) is 13.2 Å². The number of aromatic nitrogens is 3. The van der Waals surface area contributed by atoms with Crippen molar-refractivity contribution in [3.8, 4) is 28.4 Å². The molecule has 4 aromatic rings. The molecule has 2 aliphatic heterocycles. The standard InChI is InChI=1S/C24H20ClN3O7S/c25-16-9-17-23(28-24(26-17)35-19-11-34-21-18(29)10-33-22(19)21)27-20(16)14-3-1-12(2-4-14)13-5-7-15(8-6-13)36(30,31)32/h1-9,18-19,21-22,29H,10-11H2,(H,26,27,28)(H,30,31,32)/t18-,19-,21-,22-/m1/s1. The van der Waals surface area contributed by atoms with E-state index in [-0.39, 0.29) is 30.2 Å². The Bertz CT molecular complexity index is 1540. The highest BCUT2D eigenvalue weighted by Gasteiger charge is 2.48. The summed E-state index contributed by atoms with van der Waals surface area (Å²) in [5.41, 5.74) is 3.99. The molecule has 10 nitrogen and oxygen atoms in total. The maximum atomic E-state index is 11.3. The minimum atomic E-state index is -4.24. The summed E-state index contributed by atoms with van der Waals surface area (Å²) in [6.45, 7) is 0.498. The number of aromatic amines is 1. The minimum Gasteiger partial charge on any atom is -0.456 e. The summed E-state index contributed by atoms with van der Waals surface area (Å²) < 4.78 is 48.8. The van der Waals surface area contributed by atoms with Gasteiger partial charge in [0.05, 0.1) is 34.3 Å². The van der Waals surface area contributed by atoms with Gasteiger partial charge in [-0.05, 0) is 29.3 Å². The molecule has 0 amide bonds. The fraction of sp³-hybridized carbons (Fsp3) is 0.250. The summed E-state index contributed by atoms with van der Waals surface area (Å²) >= 11 is 6.52. The van der Waals surface area contributed by atoms with E-state index in [4.69, 9.17) is 30.4 Å². The molecule has 0 spiro atoms. The lowest BCUT2D eigenvalue weighted by Gasteiger charge is -2.15. The van der Waals surface area contributed by atoms with Gasteiger partial charge in [0.15, 0.2) is 11.8 Å². The average Bonchev–Trinajstić information content (AvgIpc) is 3.55. The normalized spacial score (nSPS) is 23.8. The van der Waals surface area contributed by atoms with Crippen molar-refractivity contribution in [1.82, 2.24) is 15.0 Å². The molecule has 2 saturated heterocycles. The van der Waals surface area contributed by atoms with Crippen molar-refractivity contribution in [3.05, 3.63) is 59.6 Å². The second kappa shape index (κ2) is 8.80. The van der Waals surface area contributed by atoms with E-state index in [1.165, 1.54) is 12.1 Å². The maximum Gasteiger partial charge on any atom is 0.296 e. The van der Waals surface area contributed by atoms with Crippen LogP contribution in [0, 0.1) is 0 Å². The fourth-order valence-electron chi connectivity index (χ4n) is 4.48. The smallest absolute Gasteiger partial charge is 0.296 e. The summed E-state index contributed by atoms with van der Waals surface area (Å²) in [4.78, 5) is 11.9. The number of nitrogens with one attached hydrogen (secondary N) is 1. The fourth-order valence-corrected chi connectivity index (χ4v) is 5.22. The van der Waals surface area contributed by atoms with Gasteiger partial charge in [0, 0.05) is 5.56 Å². The Morgan fingerprint density at radius 2 is 1.58 bits per heavy atom. The molecule has 3 N–H and O–H groups in total. The number of aliphatic hydroxyl groups is 1. The summed E-state index contributed by atoms with van der Waals surface area (Å²) in [7, 11) is -4.24. The summed E-state index contributed by atoms with van der Waals surface area (Å²) in [6, 6.07) is 15.4. The third-order valence-corrected chi connectivity index (χ3v) is 7.45. The molecule has 36 heavy (non-hydrogen) atoms. The first-order chi connectivity index (χ1) is 17.3. The van der Waals surface area contributed by atoms with Crippen LogP contribution >= 0.6 is 11.6 Å². The number of aliphatic hydroxyl groups excluding tert-OH is 1. The van der Waals surface area contributed by atoms with Gasteiger partial charge >= 0.3 is 0 Å². The number of hydrogen-bond donors (Lipinski definition) is 3. The van der Waals surface area contributed by atoms with E-state index in [0.717, 1.165) is 16.7 Å². The predicted octanol–water partition coefficient (Wildman–Crippen LogP) is 3.10. The number of ether oxygens (including phenoxy) is 3. The van der Waals surface area contributed by atoms with Crippen LogP contribution in [0.2, 0.25) is 5.02 Å². The van der Waals surface area contributed by atoms with Crippen molar-refractivity contribution in [2.24, 2.45) is 0 Å². The van der Waals surface area contributed by atoms with Crippen molar-refractivity contribution >= 4 is 32.9 Å². The quantitative estimate of drug-likeness (QED) is 0.332. The average molecular weight is 530 g/mol. The highest BCUT2D eigenvalue weighted by Crippen LogP contribution is 2.33. The zero-order chi connectivity index (χ0) is 25.0. The van der Waals surface area contributed by atoms with Crippen LogP contribution in [-0.2, 0) is 19.6 Å². The van der Waals surface area contributed by atoms with Crippen molar-refractivity contribution in [3.63, 3.8) is 0 Å². The summed E-state index contributed by atoms with van der Waals surface area (Å²) in [5.74, 6) is 0. The van der Waals surface area contributed by atoms with Crippen LogP contribution in [0.15, 0.2) is 59.5 Å². The molecule has 2 aromatic carbocycles. The SMILES string of the molecule is O=S(=O)(O)c1ccc(-c2ccc(-c3nc4nc(O[C@@H]5CO[C@H]6[C@@H]5OC[C@H]6O)[nH]c4cc3Cl)cc2)cc1. The second-order valence-corrected chi connectivity index (χ2v) is 10.5. The zero-order valence-corrected chi connectivity index (χ0v) is 20.1. The number of H-pyrrole nitrogens is 1. The number of fused-ring (bicyclic) bond motifs is 2. The van der Waals surface area contributed by atoms with E-state index in [1.54, 1.807) is 18.2 Å². The molecular weight excluding hydrogens is 510 g/mol. The van der Waals surface area contributed by atoms with Gasteiger partial charge in [-0.3, -0.25) is 4.55 Å². The Kier molecular flexibility index (Phi) is 5.71.